The van der Waals surface area contributed by atoms with Crippen LogP contribution in [-0.2, 0) is 30.7 Å². The van der Waals surface area contributed by atoms with E-state index in [-0.39, 0.29) is 11.9 Å². The average molecular weight is 348 g/mol. The maximum absolute atomic E-state index is 12.8. The number of carbonyl (C=O) groups is 2. The summed E-state index contributed by atoms with van der Waals surface area (Å²) in [6, 6.07) is 6.11. The molecule has 0 fully saturated rings. The zero-order chi connectivity index (χ0) is 17.7. The van der Waals surface area contributed by atoms with Crippen LogP contribution in [0, 0.1) is 0 Å². The van der Waals surface area contributed by atoms with Gasteiger partial charge in [0.2, 0.25) is 0 Å². The van der Waals surface area contributed by atoms with E-state index in [1.165, 1.54) is 12.1 Å². The molecule has 0 spiro atoms. The topological polar surface area (TPSA) is 107 Å². The molecule has 0 amide bonds. The van der Waals surface area contributed by atoms with Gasteiger partial charge in [0.15, 0.2) is 13.2 Å². The summed E-state index contributed by atoms with van der Waals surface area (Å²) >= 11 is 0. The normalized spacial score (nSPS) is 11.8. The molecule has 0 aliphatic carbocycles. The van der Waals surface area contributed by atoms with Crippen molar-refractivity contribution in [2.45, 2.75) is 11.6 Å². The van der Waals surface area contributed by atoms with E-state index in [1.54, 1.807) is 12.1 Å². The third-order valence-corrected chi connectivity index (χ3v) is 3.43. The van der Waals surface area contributed by atoms with Crippen LogP contribution < -0.4 is 0 Å². The summed E-state index contributed by atoms with van der Waals surface area (Å²) in [5.74, 6) is -2.34. The molecule has 0 atom stereocenters. The predicted octanol–water partition coefficient (Wildman–Crippen LogP) is 0.536. The van der Waals surface area contributed by atoms with Gasteiger partial charge in [-0.25, -0.2) is 9.59 Å². The molecule has 0 unspecified atom stereocenters. The zero-order valence-electron chi connectivity index (χ0n) is 11.6. The second kappa shape index (κ2) is 7.51. The van der Waals surface area contributed by atoms with Gasteiger partial charge in [-0.15, -0.1) is 0 Å². The molecule has 11 heteroatoms. The van der Waals surface area contributed by atoms with Crippen molar-refractivity contribution in [3.63, 3.8) is 0 Å². The SMILES string of the molecule is [B]Cc1ccccc1C(=O)OCC(=O)OCC(F)(F)S(=O)(=O)O. The monoisotopic (exact) mass is 348 g/mol. The van der Waals surface area contributed by atoms with E-state index < -0.39 is 40.5 Å². The lowest BCUT2D eigenvalue weighted by Gasteiger charge is -2.13. The molecule has 0 aliphatic heterocycles. The first-order valence-corrected chi connectivity index (χ1v) is 7.48. The quantitative estimate of drug-likeness (QED) is 0.435. The molecule has 1 aromatic rings. The van der Waals surface area contributed by atoms with Crippen molar-refractivity contribution < 1.29 is 40.8 Å². The molecule has 0 aromatic heterocycles. The van der Waals surface area contributed by atoms with Gasteiger partial charge in [0.25, 0.3) is 0 Å². The van der Waals surface area contributed by atoms with Gasteiger partial charge in [0, 0.05) is 0 Å². The molecule has 1 rings (SSSR count). The first kappa shape index (κ1) is 19.0. The lowest BCUT2D eigenvalue weighted by atomic mass is 9.93. The number of benzene rings is 1. The second-order valence-corrected chi connectivity index (χ2v) is 5.76. The van der Waals surface area contributed by atoms with Crippen molar-refractivity contribution in [3.8, 4) is 0 Å². The summed E-state index contributed by atoms with van der Waals surface area (Å²) in [6.45, 7) is -2.92. The van der Waals surface area contributed by atoms with Crippen LogP contribution >= 0.6 is 0 Å². The van der Waals surface area contributed by atoms with E-state index in [9.17, 15) is 26.8 Å². The van der Waals surface area contributed by atoms with E-state index in [0.717, 1.165) is 0 Å². The van der Waals surface area contributed by atoms with Crippen LogP contribution in [0.4, 0.5) is 8.78 Å². The van der Waals surface area contributed by atoms with Crippen LogP contribution in [0.1, 0.15) is 15.9 Å². The van der Waals surface area contributed by atoms with Crippen molar-refractivity contribution in [1.82, 2.24) is 0 Å². The third kappa shape index (κ3) is 5.29. The van der Waals surface area contributed by atoms with E-state index in [0.29, 0.717) is 5.56 Å². The van der Waals surface area contributed by atoms with E-state index in [2.05, 4.69) is 9.47 Å². The molecule has 2 radical (unpaired) electrons. The third-order valence-electron chi connectivity index (χ3n) is 2.56. The Bertz CT molecular complexity index is 690. The predicted molar refractivity (Wildman–Crippen MR) is 73.6 cm³/mol. The van der Waals surface area contributed by atoms with Gasteiger partial charge in [0.1, 0.15) is 0 Å². The second-order valence-electron chi connectivity index (χ2n) is 4.21. The molecular formula is C12H11BF2O7S. The van der Waals surface area contributed by atoms with Gasteiger partial charge in [0.05, 0.1) is 13.4 Å². The van der Waals surface area contributed by atoms with Gasteiger partial charge in [-0.2, -0.15) is 17.2 Å². The standard InChI is InChI=1S/C12H11BF2O7S/c13-5-8-3-1-2-4-9(8)11(17)21-6-10(16)22-7-12(14,15)23(18,19)20/h1-4H,5-7H2,(H,18,19,20). The number of hydrogen-bond donors (Lipinski definition) is 1. The van der Waals surface area contributed by atoms with Crippen LogP contribution in [0.25, 0.3) is 0 Å². The zero-order valence-corrected chi connectivity index (χ0v) is 12.4. The van der Waals surface area contributed by atoms with Crippen molar-refractivity contribution in [3.05, 3.63) is 35.4 Å². The Morgan fingerprint density at radius 3 is 2.39 bits per heavy atom. The van der Waals surface area contributed by atoms with Gasteiger partial charge >= 0.3 is 27.3 Å². The number of ether oxygens (including phenoxy) is 2. The molecule has 0 heterocycles. The Morgan fingerprint density at radius 1 is 1.22 bits per heavy atom. The fourth-order valence-electron chi connectivity index (χ4n) is 1.38. The highest BCUT2D eigenvalue weighted by Gasteiger charge is 2.45. The lowest BCUT2D eigenvalue weighted by molar-refractivity contribution is -0.153. The summed E-state index contributed by atoms with van der Waals surface area (Å²) in [5.41, 5.74) is 0.537. The lowest BCUT2D eigenvalue weighted by Crippen LogP contribution is -2.35. The van der Waals surface area contributed by atoms with Crippen LogP contribution in [-0.4, -0.2) is 51.2 Å². The summed E-state index contributed by atoms with van der Waals surface area (Å²) in [6.07, 6.45) is 0.0380. The summed E-state index contributed by atoms with van der Waals surface area (Å²) in [7, 11) is -0.296. The van der Waals surface area contributed by atoms with Gasteiger partial charge in [-0.3, -0.25) is 4.55 Å². The van der Waals surface area contributed by atoms with E-state index in [1.807, 2.05) is 0 Å². The van der Waals surface area contributed by atoms with Crippen LogP contribution in [0.5, 0.6) is 0 Å². The van der Waals surface area contributed by atoms with Crippen molar-refractivity contribution in [2.24, 2.45) is 0 Å². The number of halogens is 2. The smallest absolute Gasteiger partial charge is 0.402 e. The maximum atomic E-state index is 12.8. The minimum atomic E-state index is -5.71. The average Bonchev–Trinajstić information content (AvgIpc) is 2.49. The number of rotatable bonds is 7. The summed E-state index contributed by atoms with van der Waals surface area (Å²) in [4.78, 5) is 22.9. The largest absolute Gasteiger partial charge is 0.455 e. The molecule has 1 N–H and O–H groups in total. The molecule has 7 nitrogen and oxygen atoms in total. The highest BCUT2D eigenvalue weighted by atomic mass is 32.2. The van der Waals surface area contributed by atoms with E-state index >= 15 is 0 Å². The number of hydrogen-bond acceptors (Lipinski definition) is 6. The molecular weight excluding hydrogens is 337 g/mol. The molecule has 124 valence electrons. The van der Waals surface area contributed by atoms with Crippen LogP contribution in [0.15, 0.2) is 24.3 Å². The molecule has 23 heavy (non-hydrogen) atoms. The number of esters is 2. The minimum Gasteiger partial charge on any atom is -0.455 e. The fourth-order valence-corrected chi connectivity index (χ4v) is 1.59. The maximum Gasteiger partial charge on any atom is 0.402 e. The Hall–Kier alpha value is -2.01. The Kier molecular flexibility index (Phi) is 6.22. The molecule has 1 aromatic carbocycles. The Balaban J connectivity index is 2.55. The van der Waals surface area contributed by atoms with Crippen LogP contribution in [0.2, 0.25) is 0 Å². The molecule has 0 saturated carbocycles. The molecule has 0 saturated heterocycles. The Morgan fingerprint density at radius 2 is 1.83 bits per heavy atom. The number of alkyl halides is 2. The minimum absolute atomic E-state index is 0.0380. The van der Waals surface area contributed by atoms with Gasteiger partial charge in [-0.05, 0) is 11.6 Å². The van der Waals surface area contributed by atoms with E-state index in [4.69, 9.17) is 12.4 Å². The highest BCUT2D eigenvalue weighted by molar-refractivity contribution is 7.86. The molecule has 0 aliphatic rings. The van der Waals surface area contributed by atoms with Gasteiger partial charge < -0.3 is 9.47 Å². The fraction of sp³-hybridized carbons (Fsp3) is 0.333. The van der Waals surface area contributed by atoms with Crippen molar-refractivity contribution in [2.75, 3.05) is 13.2 Å². The van der Waals surface area contributed by atoms with Crippen LogP contribution in [0.3, 0.4) is 0 Å². The first-order valence-electron chi connectivity index (χ1n) is 6.04. The highest BCUT2D eigenvalue weighted by Crippen LogP contribution is 2.20. The van der Waals surface area contributed by atoms with Crippen molar-refractivity contribution >= 4 is 29.9 Å². The molecule has 0 bridgehead atoms. The Labute approximate surface area is 131 Å². The number of carbonyl (C=O) groups excluding carboxylic acids is 2. The van der Waals surface area contributed by atoms with Gasteiger partial charge in [-0.1, -0.05) is 24.5 Å². The summed E-state index contributed by atoms with van der Waals surface area (Å²) < 4.78 is 63.0. The first-order chi connectivity index (χ1) is 10.6. The van der Waals surface area contributed by atoms with Crippen molar-refractivity contribution in [1.29, 1.82) is 0 Å². The summed E-state index contributed by atoms with van der Waals surface area (Å²) in [5, 5.41) is -4.65.